The maximum atomic E-state index is 6.46. The SMILES string of the molecule is Cc1cc(C(Cl)c2ccc(Br)cc2Cl)sc1Br. The average molecular weight is 415 g/mol. The van der Waals surface area contributed by atoms with E-state index in [4.69, 9.17) is 23.2 Å². The number of hydrogen-bond acceptors (Lipinski definition) is 1. The van der Waals surface area contributed by atoms with Crippen LogP contribution < -0.4 is 0 Å². The maximum Gasteiger partial charge on any atom is 0.0942 e. The lowest BCUT2D eigenvalue weighted by molar-refractivity contribution is 1.18. The van der Waals surface area contributed by atoms with Gasteiger partial charge < -0.3 is 0 Å². The van der Waals surface area contributed by atoms with Gasteiger partial charge in [-0.25, -0.2) is 0 Å². The Morgan fingerprint density at radius 1 is 1.24 bits per heavy atom. The van der Waals surface area contributed by atoms with Gasteiger partial charge in [0.2, 0.25) is 0 Å². The molecule has 2 rings (SSSR count). The first-order chi connectivity index (χ1) is 7.99. The molecule has 5 heteroatoms. The first kappa shape index (κ1) is 13.9. The van der Waals surface area contributed by atoms with Crippen molar-refractivity contribution in [2.75, 3.05) is 0 Å². The number of thiophene rings is 1. The minimum Gasteiger partial charge on any atom is -0.131 e. The Hall–Kier alpha value is 0.460. The second-order valence-electron chi connectivity index (χ2n) is 3.63. The Morgan fingerprint density at radius 3 is 2.47 bits per heavy atom. The van der Waals surface area contributed by atoms with E-state index in [1.807, 2.05) is 18.2 Å². The molecule has 2 aromatic rings. The van der Waals surface area contributed by atoms with Crippen LogP contribution in [0.3, 0.4) is 0 Å². The molecule has 0 fully saturated rings. The molecule has 1 atom stereocenters. The van der Waals surface area contributed by atoms with Crippen LogP contribution in [0.15, 0.2) is 32.5 Å². The highest BCUT2D eigenvalue weighted by Gasteiger charge is 2.17. The highest BCUT2D eigenvalue weighted by atomic mass is 79.9. The number of alkyl halides is 1. The molecular formula is C12H8Br2Cl2S. The topological polar surface area (TPSA) is 0 Å². The van der Waals surface area contributed by atoms with Gasteiger partial charge in [-0.05, 0) is 52.2 Å². The normalized spacial score (nSPS) is 12.8. The molecule has 0 aliphatic carbocycles. The van der Waals surface area contributed by atoms with E-state index >= 15 is 0 Å². The molecule has 0 saturated carbocycles. The molecule has 0 bridgehead atoms. The van der Waals surface area contributed by atoms with Crippen molar-refractivity contribution in [3.8, 4) is 0 Å². The van der Waals surface area contributed by atoms with Gasteiger partial charge in [-0.15, -0.1) is 22.9 Å². The maximum absolute atomic E-state index is 6.46. The molecule has 17 heavy (non-hydrogen) atoms. The quantitative estimate of drug-likeness (QED) is 0.488. The Kier molecular flexibility index (Phi) is 4.59. The zero-order chi connectivity index (χ0) is 12.6. The van der Waals surface area contributed by atoms with Gasteiger partial charge in [0.25, 0.3) is 0 Å². The van der Waals surface area contributed by atoms with Crippen LogP contribution >= 0.6 is 66.4 Å². The van der Waals surface area contributed by atoms with Crippen LogP contribution in [0.25, 0.3) is 0 Å². The van der Waals surface area contributed by atoms with Gasteiger partial charge in [0.15, 0.2) is 0 Å². The van der Waals surface area contributed by atoms with E-state index in [1.165, 1.54) is 5.56 Å². The predicted molar refractivity (Wildman–Crippen MR) is 83.6 cm³/mol. The van der Waals surface area contributed by atoms with Gasteiger partial charge in [0, 0.05) is 14.4 Å². The molecule has 0 spiro atoms. The second kappa shape index (κ2) is 5.62. The van der Waals surface area contributed by atoms with Crippen LogP contribution in [-0.2, 0) is 0 Å². The van der Waals surface area contributed by atoms with Gasteiger partial charge >= 0.3 is 0 Å². The summed E-state index contributed by atoms with van der Waals surface area (Å²) in [6.45, 7) is 2.05. The summed E-state index contributed by atoms with van der Waals surface area (Å²) >= 11 is 21.2. The summed E-state index contributed by atoms with van der Waals surface area (Å²) in [4.78, 5) is 1.10. The minimum absolute atomic E-state index is 0.203. The average Bonchev–Trinajstić information content (AvgIpc) is 2.58. The van der Waals surface area contributed by atoms with Crippen molar-refractivity contribution in [3.05, 3.63) is 53.6 Å². The first-order valence-corrected chi connectivity index (χ1v) is 8.05. The summed E-state index contributed by atoms with van der Waals surface area (Å²) in [5.41, 5.74) is 2.13. The van der Waals surface area contributed by atoms with Crippen molar-refractivity contribution < 1.29 is 0 Å². The molecule has 0 N–H and O–H groups in total. The summed E-state index contributed by atoms with van der Waals surface area (Å²) < 4.78 is 2.07. The first-order valence-electron chi connectivity index (χ1n) is 4.84. The van der Waals surface area contributed by atoms with Gasteiger partial charge in [0.05, 0.1) is 9.16 Å². The summed E-state index contributed by atoms with van der Waals surface area (Å²) in [5.74, 6) is 0. The number of aryl methyl sites for hydroxylation is 1. The monoisotopic (exact) mass is 412 g/mol. The molecule has 1 heterocycles. The van der Waals surface area contributed by atoms with Crippen LogP contribution in [0.2, 0.25) is 5.02 Å². The van der Waals surface area contributed by atoms with Gasteiger partial charge in [0.1, 0.15) is 0 Å². The fourth-order valence-electron chi connectivity index (χ4n) is 1.47. The summed E-state index contributed by atoms with van der Waals surface area (Å²) in [5, 5.41) is 0.479. The van der Waals surface area contributed by atoms with E-state index in [0.717, 1.165) is 18.7 Å². The second-order valence-corrected chi connectivity index (χ2v) is 7.79. The van der Waals surface area contributed by atoms with Crippen molar-refractivity contribution in [1.29, 1.82) is 0 Å². The van der Waals surface area contributed by atoms with E-state index in [-0.39, 0.29) is 5.38 Å². The minimum atomic E-state index is -0.203. The third-order valence-electron chi connectivity index (χ3n) is 2.36. The van der Waals surface area contributed by atoms with Crippen LogP contribution in [0.1, 0.15) is 21.4 Å². The molecule has 0 radical (unpaired) electrons. The molecule has 1 aromatic carbocycles. The van der Waals surface area contributed by atoms with Crippen molar-refractivity contribution in [2.24, 2.45) is 0 Å². The predicted octanol–water partition coefficient (Wildman–Crippen LogP) is 6.56. The van der Waals surface area contributed by atoms with E-state index in [9.17, 15) is 0 Å². The van der Waals surface area contributed by atoms with Crippen LogP contribution in [0, 0.1) is 6.92 Å². The fourth-order valence-corrected chi connectivity index (χ4v) is 4.26. The van der Waals surface area contributed by atoms with Crippen molar-refractivity contribution >= 4 is 66.4 Å². The molecule has 90 valence electrons. The summed E-state index contributed by atoms with van der Waals surface area (Å²) in [6, 6.07) is 7.85. The standard InChI is InChI=1S/C12H8Br2Cl2S/c1-6-4-10(17-12(6)14)11(16)8-3-2-7(13)5-9(8)15/h2-5,11H,1H3. The Morgan fingerprint density at radius 2 is 1.94 bits per heavy atom. The van der Waals surface area contributed by atoms with E-state index in [1.54, 1.807) is 11.3 Å². The number of halogens is 4. The number of hydrogen-bond donors (Lipinski definition) is 0. The van der Waals surface area contributed by atoms with Crippen LogP contribution in [-0.4, -0.2) is 0 Å². The Labute approximate surface area is 131 Å². The highest BCUT2D eigenvalue weighted by Crippen LogP contribution is 2.40. The van der Waals surface area contributed by atoms with E-state index in [0.29, 0.717) is 5.02 Å². The molecule has 0 amide bonds. The van der Waals surface area contributed by atoms with Crippen molar-refractivity contribution in [3.63, 3.8) is 0 Å². The molecule has 0 saturated heterocycles. The lowest BCUT2D eigenvalue weighted by Crippen LogP contribution is -1.91. The van der Waals surface area contributed by atoms with Gasteiger partial charge in [-0.3, -0.25) is 0 Å². The van der Waals surface area contributed by atoms with Crippen LogP contribution in [0.4, 0.5) is 0 Å². The molecular weight excluding hydrogens is 407 g/mol. The smallest absolute Gasteiger partial charge is 0.0942 e. The zero-order valence-corrected chi connectivity index (χ0v) is 14.3. The summed E-state index contributed by atoms with van der Waals surface area (Å²) in [6.07, 6.45) is 0. The lowest BCUT2D eigenvalue weighted by Gasteiger charge is -2.10. The zero-order valence-electron chi connectivity index (χ0n) is 8.81. The Bertz CT molecular complexity index is 532. The largest absolute Gasteiger partial charge is 0.131 e. The number of rotatable bonds is 2. The summed E-state index contributed by atoms with van der Waals surface area (Å²) in [7, 11) is 0. The van der Waals surface area contributed by atoms with Crippen molar-refractivity contribution in [2.45, 2.75) is 12.3 Å². The molecule has 0 aliphatic rings. The van der Waals surface area contributed by atoms with Crippen molar-refractivity contribution in [1.82, 2.24) is 0 Å². The van der Waals surface area contributed by atoms with Gasteiger partial charge in [-0.1, -0.05) is 33.6 Å². The molecule has 1 unspecified atom stereocenters. The molecule has 0 nitrogen and oxygen atoms in total. The lowest BCUT2D eigenvalue weighted by atomic mass is 10.1. The highest BCUT2D eigenvalue weighted by molar-refractivity contribution is 9.11. The fraction of sp³-hybridized carbons (Fsp3) is 0.167. The molecule has 0 aliphatic heterocycles. The van der Waals surface area contributed by atoms with Crippen LogP contribution in [0.5, 0.6) is 0 Å². The third-order valence-corrected chi connectivity index (χ3v) is 5.98. The van der Waals surface area contributed by atoms with E-state index in [2.05, 4.69) is 44.8 Å². The third kappa shape index (κ3) is 3.07. The van der Waals surface area contributed by atoms with E-state index < -0.39 is 0 Å². The van der Waals surface area contributed by atoms with Gasteiger partial charge in [-0.2, -0.15) is 0 Å². The number of benzene rings is 1. The molecule has 1 aromatic heterocycles. The Balaban J connectivity index is 2.39.